The maximum atomic E-state index is 10.8. The third-order valence-electron chi connectivity index (χ3n) is 7.96. The molecule has 8 heteroatoms. The van der Waals surface area contributed by atoms with Gasteiger partial charge in [0.25, 0.3) is 0 Å². The Morgan fingerprint density at radius 1 is 0.341 bits per heavy atom. The number of benzene rings is 4. The Labute approximate surface area is 238 Å². The molecule has 0 radical (unpaired) electrons. The lowest BCUT2D eigenvalue weighted by Crippen LogP contribution is -2.05. The second-order valence-electron chi connectivity index (χ2n) is 11.0. The molecule has 0 aliphatic carbocycles. The van der Waals surface area contributed by atoms with Crippen molar-refractivity contribution in [3.8, 4) is 46.0 Å². The van der Waals surface area contributed by atoms with Gasteiger partial charge in [-0.25, -0.2) is 0 Å². The van der Waals surface area contributed by atoms with Crippen LogP contribution in [0.3, 0.4) is 0 Å². The van der Waals surface area contributed by atoms with Crippen molar-refractivity contribution in [1.29, 1.82) is 0 Å². The number of hydrogen-bond acceptors (Lipinski definition) is 8. The summed E-state index contributed by atoms with van der Waals surface area (Å²) in [6.45, 7) is 9.15. The number of hydrogen-bond donors (Lipinski definition) is 8. The third-order valence-corrected chi connectivity index (χ3v) is 7.96. The lowest BCUT2D eigenvalue weighted by atomic mass is 9.83. The molecule has 0 aliphatic rings. The first-order chi connectivity index (χ1) is 19.2. The van der Waals surface area contributed by atoms with Crippen LogP contribution in [0.5, 0.6) is 46.0 Å². The smallest absolute Gasteiger partial charge is 0.123 e. The highest BCUT2D eigenvalue weighted by Crippen LogP contribution is 2.46. The molecule has 4 rings (SSSR count). The maximum Gasteiger partial charge on any atom is 0.123 e. The molecule has 0 aliphatic heterocycles. The molecular formula is C33H36O8. The van der Waals surface area contributed by atoms with E-state index in [1.807, 2.05) is 13.8 Å². The number of aromatic hydroxyl groups is 8. The van der Waals surface area contributed by atoms with Crippen LogP contribution in [0.15, 0.2) is 54.6 Å². The van der Waals surface area contributed by atoms with Crippen LogP contribution in [0.25, 0.3) is 0 Å². The molecule has 216 valence electrons. The van der Waals surface area contributed by atoms with Crippen molar-refractivity contribution >= 4 is 0 Å². The van der Waals surface area contributed by atoms with Crippen molar-refractivity contribution in [1.82, 2.24) is 0 Å². The maximum absolute atomic E-state index is 10.8. The van der Waals surface area contributed by atoms with Crippen LogP contribution in [0.2, 0.25) is 0 Å². The minimum absolute atomic E-state index is 0.0110. The summed E-state index contributed by atoms with van der Waals surface area (Å²) in [6.07, 6.45) is 0. The van der Waals surface area contributed by atoms with Gasteiger partial charge in [0.15, 0.2) is 0 Å². The number of phenols is 8. The Bertz CT molecular complexity index is 1610. The van der Waals surface area contributed by atoms with Crippen LogP contribution in [0.4, 0.5) is 0 Å². The molecule has 3 atom stereocenters. The monoisotopic (exact) mass is 560 g/mol. The molecule has 8 N–H and O–H groups in total. The second-order valence-corrected chi connectivity index (χ2v) is 11.0. The number of rotatable bonds is 7. The SMILES string of the molecule is CC(C)c1cc(C(C)c2cc(C(C)c3cc(C(C)c4ccc(O)cc4O)c(O)cc3O)c(O)cc2O)c(O)cc1O. The second kappa shape index (κ2) is 11.0. The van der Waals surface area contributed by atoms with Crippen LogP contribution in [0, 0.1) is 0 Å². The first-order valence-corrected chi connectivity index (χ1v) is 13.4. The molecular weight excluding hydrogens is 524 g/mol. The zero-order valence-electron chi connectivity index (χ0n) is 23.6. The molecule has 4 aromatic rings. The summed E-state index contributed by atoms with van der Waals surface area (Å²) in [7, 11) is 0. The van der Waals surface area contributed by atoms with Gasteiger partial charge in [-0.2, -0.15) is 0 Å². The van der Waals surface area contributed by atoms with E-state index in [1.165, 1.54) is 30.3 Å². The van der Waals surface area contributed by atoms with Crippen LogP contribution < -0.4 is 0 Å². The molecule has 0 heterocycles. The zero-order chi connectivity index (χ0) is 30.3. The zero-order valence-corrected chi connectivity index (χ0v) is 23.6. The topological polar surface area (TPSA) is 162 Å². The van der Waals surface area contributed by atoms with Gasteiger partial charge < -0.3 is 40.9 Å². The molecule has 0 amide bonds. The van der Waals surface area contributed by atoms with Crippen molar-refractivity contribution in [2.45, 2.75) is 58.3 Å². The summed E-state index contributed by atoms with van der Waals surface area (Å²) < 4.78 is 0. The minimum atomic E-state index is -0.610. The molecule has 0 fully saturated rings. The van der Waals surface area contributed by atoms with E-state index in [4.69, 9.17) is 0 Å². The molecule has 3 unspecified atom stereocenters. The standard InChI is InChI=1S/C33H36O8/c1-15(2)21-9-22(29(37)12-28(21)36)17(4)25-11-26(33(41)14-32(25)40)18(5)24-10-23(30(38)13-31(24)39)16(3)20-7-6-19(34)8-27(20)35/h6-18,34-41H,1-5H3. The van der Waals surface area contributed by atoms with E-state index in [9.17, 15) is 40.9 Å². The van der Waals surface area contributed by atoms with Crippen molar-refractivity contribution in [2.75, 3.05) is 0 Å². The average Bonchev–Trinajstić information content (AvgIpc) is 2.87. The lowest BCUT2D eigenvalue weighted by Gasteiger charge is -2.23. The summed E-state index contributed by atoms with van der Waals surface area (Å²) in [5, 5.41) is 84.0. The fraction of sp³-hybridized carbons (Fsp3) is 0.273. The Hall–Kier alpha value is -4.72. The molecule has 4 aromatic carbocycles. The van der Waals surface area contributed by atoms with Crippen molar-refractivity contribution < 1.29 is 40.9 Å². The Morgan fingerprint density at radius 2 is 0.634 bits per heavy atom. The quantitative estimate of drug-likeness (QED) is 0.121. The Balaban J connectivity index is 1.79. The van der Waals surface area contributed by atoms with Crippen molar-refractivity contribution in [3.05, 3.63) is 93.5 Å². The van der Waals surface area contributed by atoms with Gasteiger partial charge in [-0.15, -0.1) is 0 Å². The summed E-state index contributed by atoms with van der Waals surface area (Å²) in [5.74, 6) is -2.85. The highest BCUT2D eigenvalue weighted by Gasteiger charge is 2.26. The molecule has 0 saturated carbocycles. The highest BCUT2D eigenvalue weighted by molar-refractivity contribution is 5.59. The van der Waals surface area contributed by atoms with Crippen molar-refractivity contribution in [2.24, 2.45) is 0 Å². The predicted molar refractivity (Wildman–Crippen MR) is 156 cm³/mol. The van der Waals surface area contributed by atoms with Gasteiger partial charge in [0.1, 0.15) is 46.0 Å². The van der Waals surface area contributed by atoms with Gasteiger partial charge >= 0.3 is 0 Å². The molecule has 41 heavy (non-hydrogen) atoms. The molecule has 0 saturated heterocycles. The van der Waals surface area contributed by atoms with Gasteiger partial charge in [0.05, 0.1) is 0 Å². The summed E-state index contributed by atoms with van der Waals surface area (Å²) in [5.41, 5.74) is 3.20. The average molecular weight is 561 g/mol. The van der Waals surface area contributed by atoms with E-state index in [0.717, 1.165) is 0 Å². The highest BCUT2D eigenvalue weighted by atomic mass is 16.3. The minimum Gasteiger partial charge on any atom is -0.508 e. The summed E-state index contributed by atoms with van der Waals surface area (Å²) >= 11 is 0. The van der Waals surface area contributed by atoms with Crippen LogP contribution in [-0.2, 0) is 0 Å². The van der Waals surface area contributed by atoms with E-state index < -0.39 is 17.8 Å². The van der Waals surface area contributed by atoms with Crippen LogP contribution in [0.1, 0.15) is 97.2 Å². The normalized spacial score (nSPS) is 13.7. The van der Waals surface area contributed by atoms with E-state index in [1.54, 1.807) is 45.0 Å². The molecule has 8 nitrogen and oxygen atoms in total. The van der Waals surface area contributed by atoms with Gasteiger partial charge in [-0.1, -0.05) is 40.7 Å². The number of phenolic OH excluding ortho intramolecular Hbond substituents is 8. The molecule has 0 bridgehead atoms. The van der Waals surface area contributed by atoms with Gasteiger partial charge in [0, 0.05) is 75.4 Å². The fourth-order valence-corrected chi connectivity index (χ4v) is 5.43. The first-order valence-electron chi connectivity index (χ1n) is 13.4. The van der Waals surface area contributed by atoms with Crippen molar-refractivity contribution in [3.63, 3.8) is 0 Å². The van der Waals surface area contributed by atoms with E-state index >= 15 is 0 Å². The summed E-state index contributed by atoms with van der Waals surface area (Å²) in [6, 6.07) is 12.8. The summed E-state index contributed by atoms with van der Waals surface area (Å²) in [4.78, 5) is 0. The largest absolute Gasteiger partial charge is 0.508 e. The third kappa shape index (κ3) is 5.50. The van der Waals surface area contributed by atoms with Gasteiger partial charge in [-0.05, 0) is 35.7 Å². The first kappa shape index (κ1) is 29.3. The van der Waals surface area contributed by atoms with Gasteiger partial charge in [0.2, 0.25) is 0 Å². The fourth-order valence-electron chi connectivity index (χ4n) is 5.43. The van der Waals surface area contributed by atoms with Crippen LogP contribution >= 0.6 is 0 Å². The predicted octanol–water partition coefficient (Wildman–Crippen LogP) is 6.91. The van der Waals surface area contributed by atoms with E-state index in [0.29, 0.717) is 38.9 Å². The molecule has 0 aromatic heterocycles. The van der Waals surface area contributed by atoms with E-state index in [-0.39, 0.29) is 51.9 Å². The Kier molecular flexibility index (Phi) is 7.88. The van der Waals surface area contributed by atoms with Crippen LogP contribution in [-0.4, -0.2) is 40.9 Å². The Morgan fingerprint density at radius 3 is 0.976 bits per heavy atom. The lowest BCUT2D eigenvalue weighted by molar-refractivity contribution is 0.431. The van der Waals surface area contributed by atoms with Gasteiger partial charge in [-0.3, -0.25) is 0 Å². The van der Waals surface area contributed by atoms with E-state index in [2.05, 4.69) is 0 Å². The molecule has 0 spiro atoms.